The number of ether oxygens (including phenoxy) is 2. The molecule has 0 saturated heterocycles. The van der Waals surface area contributed by atoms with E-state index in [-0.39, 0.29) is 31.5 Å². The molecule has 1 N–H and O–H groups in total. The molecule has 1 amide bonds. The van der Waals surface area contributed by atoms with E-state index in [1.807, 2.05) is 38.1 Å². The van der Waals surface area contributed by atoms with E-state index in [0.717, 1.165) is 12.0 Å². The molecule has 1 atom stereocenters. The van der Waals surface area contributed by atoms with Crippen LogP contribution in [0.25, 0.3) is 6.08 Å². The Morgan fingerprint density at radius 3 is 2.62 bits per heavy atom. The monoisotopic (exact) mass is 363 g/mol. The molecule has 0 heterocycles. The Morgan fingerprint density at radius 2 is 2.00 bits per heavy atom. The van der Waals surface area contributed by atoms with Crippen LogP contribution in [-0.2, 0) is 14.3 Å². The van der Waals surface area contributed by atoms with Crippen LogP contribution in [0.2, 0.25) is 0 Å². The molecule has 0 aromatic heterocycles. The van der Waals surface area contributed by atoms with E-state index in [4.69, 9.17) is 4.74 Å². The predicted molar refractivity (Wildman–Crippen MR) is 101 cm³/mol. The highest BCUT2D eigenvalue weighted by molar-refractivity contribution is 5.92. The third kappa shape index (κ3) is 6.88. The van der Waals surface area contributed by atoms with Gasteiger partial charge in [0.15, 0.2) is 0 Å². The zero-order chi connectivity index (χ0) is 19.4. The SMILES string of the molecule is CCCOc1ccccc1/C=C/C(=O)N(CCC(=O)OC)C(CC)CO. The number of esters is 1. The minimum absolute atomic E-state index is 0.0861. The second-order valence-corrected chi connectivity index (χ2v) is 5.82. The fourth-order valence-corrected chi connectivity index (χ4v) is 2.45. The molecule has 1 aromatic rings. The van der Waals surface area contributed by atoms with E-state index in [0.29, 0.717) is 18.8 Å². The van der Waals surface area contributed by atoms with Gasteiger partial charge in [-0.25, -0.2) is 0 Å². The quantitative estimate of drug-likeness (QED) is 0.483. The fourth-order valence-electron chi connectivity index (χ4n) is 2.45. The van der Waals surface area contributed by atoms with Crippen molar-refractivity contribution in [1.29, 1.82) is 0 Å². The van der Waals surface area contributed by atoms with Crippen molar-refractivity contribution in [3.05, 3.63) is 35.9 Å². The molecular formula is C20H29NO5. The van der Waals surface area contributed by atoms with Gasteiger partial charge in [-0.15, -0.1) is 0 Å². The largest absolute Gasteiger partial charge is 0.493 e. The number of aliphatic hydroxyl groups is 1. The summed E-state index contributed by atoms with van der Waals surface area (Å²) in [6, 6.07) is 7.14. The van der Waals surface area contributed by atoms with E-state index in [1.54, 1.807) is 6.08 Å². The molecule has 6 heteroatoms. The van der Waals surface area contributed by atoms with Crippen LogP contribution in [0.4, 0.5) is 0 Å². The average Bonchev–Trinajstić information content (AvgIpc) is 2.67. The minimum Gasteiger partial charge on any atom is -0.493 e. The second-order valence-electron chi connectivity index (χ2n) is 5.82. The number of carbonyl (C=O) groups excluding carboxylic acids is 2. The Labute approximate surface area is 155 Å². The van der Waals surface area contributed by atoms with Gasteiger partial charge in [0.2, 0.25) is 5.91 Å². The van der Waals surface area contributed by atoms with Gasteiger partial charge in [-0.3, -0.25) is 9.59 Å². The first-order valence-corrected chi connectivity index (χ1v) is 8.95. The number of benzene rings is 1. The highest BCUT2D eigenvalue weighted by atomic mass is 16.5. The molecule has 0 spiro atoms. The lowest BCUT2D eigenvalue weighted by Gasteiger charge is -2.28. The molecule has 144 valence electrons. The number of hydrogen-bond acceptors (Lipinski definition) is 5. The van der Waals surface area contributed by atoms with Crippen molar-refractivity contribution in [1.82, 2.24) is 4.90 Å². The molecule has 0 bridgehead atoms. The van der Waals surface area contributed by atoms with Crippen LogP contribution in [0, 0.1) is 0 Å². The first kappa shape index (κ1) is 21.7. The smallest absolute Gasteiger partial charge is 0.307 e. The maximum atomic E-state index is 12.6. The van der Waals surface area contributed by atoms with Crippen LogP contribution in [-0.4, -0.2) is 54.8 Å². The topological polar surface area (TPSA) is 76.1 Å². The standard InChI is InChI=1S/C20H29NO5/c1-4-14-26-18-9-7-6-8-16(18)10-11-19(23)21(17(5-2)15-22)13-12-20(24)25-3/h6-11,17,22H,4-5,12-15H2,1-3H3/b11-10+. The molecule has 0 saturated carbocycles. The number of nitrogens with zero attached hydrogens (tertiary/aromatic N) is 1. The number of rotatable bonds is 11. The molecular weight excluding hydrogens is 334 g/mol. The molecule has 6 nitrogen and oxygen atoms in total. The van der Waals surface area contributed by atoms with Crippen LogP contribution in [0.1, 0.15) is 38.7 Å². The highest BCUT2D eigenvalue weighted by Gasteiger charge is 2.21. The van der Waals surface area contributed by atoms with E-state index in [2.05, 4.69) is 4.74 Å². The summed E-state index contributed by atoms with van der Waals surface area (Å²) in [4.78, 5) is 25.5. The highest BCUT2D eigenvalue weighted by Crippen LogP contribution is 2.20. The van der Waals surface area contributed by atoms with Crippen LogP contribution in [0.5, 0.6) is 5.75 Å². The summed E-state index contributed by atoms with van der Waals surface area (Å²) < 4.78 is 10.3. The molecule has 0 aliphatic heterocycles. The predicted octanol–water partition coefficient (Wildman–Crippen LogP) is 2.65. The third-order valence-corrected chi connectivity index (χ3v) is 3.98. The molecule has 1 unspecified atom stereocenters. The summed E-state index contributed by atoms with van der Waals surface area (Å²) in [5.41, 5.74) is 0.805. The van der Waals surface area contributed by atoms with Crippen molar-refractivity contribution in [3.63, 3.8) is 0 Å². The van der Waals surface area contributed by atoms with Gasteiger partial charge >= 0.3 is 5.97 Å². The van der Waals surface area contributed by atoms with Crippen molar-refractivity contribution in [2.45, 2.75) is 39.2 Å². The van der Waals surface area contributed by atoms with Gasteiger partial charge in [-0.05, 0) is 25.0 Å². The van der Waals surface area contributed by atoms with Crippen LogP contribution < -0.4 is 4.74 Å². The molecule has 0 aliphatic carbocycles. The molecule has 0 aliphatic rings. The zero-order valence-corrected chi connectivity index (χ0v) is 15.8. The summed E-state index contributed by atoms with van der Waals surface area (Å²) in [7, 11) is 1.31. The maximum Gasteiger partial charge on any atom is 0.307 e. The number of carbonyl (C=O) groups is 2. The Hall–Kier alpha value is -2.34. The fraction of sp³-hybridized carbons (Fsp3) is 0.500. The minimum atomic E-state index is -0.391. The third-order valence-electron chi connectivity index (χ3n) is 3.98. The Bertz CT molecular complexity index is 596. The van der Waals surface area contributed by atoms with Gasteiger partial charge in [0.25, 0.3) is 0 Å². The first-order valence-electron chi connectivity index (χ1n) is 8.95. The van der Waals surface area contributed by atoms with Gasteiger partial charge in [0, 0.05) is 18.2 Å². The number of hydrogen-bond donors (Lipinski definition) is 1. The molecule has 26 heavy (non-hydrogen) atoms. The van der Waals surface area contributed by atoms with Crippen molar-refractivity contribution < 1.29 is 24.2 Å². The maximum absolute atomic E-state index is 12.6. The van der Waals surface area contributed by atoms with E-state index < -0.39 is 5.97 Å². The van der Waals surface area contributed by atoms with Crippen LogP contribution >= 0.6 is 0 Å². The zero-order valence-electron chi connectivity index (χ0n) is 15.8. The number of para-hydroxylation sites is 1. The summed E-state index contributed by atoms with van der Waals surface area (Å²) in [6.45, 7) is 4.56. The van der Waals surface area contributed by atoms with E-state index in [1.165, 1.54) is 18.1 Å². The van der Waals surface area contributed by atoms with E-state index in [9.17, 15) is 14.7 Å². The average molecular weight is 363 g/mol. The summed E-state index contributed by atoms with van der Waals surface area (Å²) in [6.07, 6.45) is 4.72. The van der Waals surface area contributed by atoms with Crippen molar-refractivity contribution >= 4 is 18.0 Å². The lowest BCUT2D eigenvalue weighted by Crippen LogP contribution is -2.42. The van der Waals surface area contributed by atoms with Crippen molar-refractivity contribution in [2.24, 2.45) is 0 Å². The Balaban J connectivity index is 2.90. The number of aliphatic hydroxyl groups excluding tert-OH is 1. The van der Waals surface area contributed by atoms with Gasteiger partial charge in [-0.1, -0.05) is 32.0 Å². The lowest BCUT2D eigenvalue weighted by molar-refractivity contribution is -0.142. The molecule has 1 aromatic carbocycles. The molecule has 0 fully saturated rings. The van der Waals surface area contributed by atoms with Gasteiger partial charge in [0.1, 0.15) is 5.75 Å². The Morgan fingerprint density at radius 1 is 1.27 bits per heavy atom. The normalized spacial score (nSPS) is 12.0. The summed E-state index contributed by atoms with van der Waals surface area (Å²) in [5.74, 6) is 0.0618. The van der Waals surface area contributed by atoms with Gasteiger partial charge in [-0.2, -0.15) is 0 Å². The summed E-state index contributed by atoms with van der Waals surface area (Å²) >= 11 is 0. The second kappa shape index (κ2) is 12.1. The van der Waals surface area contributed by atoms with Gasteiger partial charge in [0.05, 0.1) is 32.8 Å². The molecule has 1 rings (SSSR count). The number of methoxy groups -OCH3 is 1. The van der Waals surface area contributed by atoms with Gasteiger partial charge < -0.3 is 19.5 Å². The first-order chi connectivity index (χ1) is 12.6. The summed E-state index contributed by atoms with van der Waals surface area (Å²) in [5, 5.41) is 9.54. The van der Waals surface area contributed by atoms with Crippen molar-refractivity contribution in [3.8, 4) is 5.75 Å². The van der Waals surface area contributed by atoms with Crippen LogP contribution in [0.3, 0.4) is 0 Å². The molecule has 0 radical (unpaired) electrons. The van der Waals surface area contributed by atoms with E-state index >= 15 is 0 Å². The van der Waals surface area contributed by atoms with Crippen molar-refractivity contribution in [2.75, 3.05) is 26.9 Å². The van der Waals surface area contributed by atoms with Crippen LogP contribution in [0.15, 0.2) is 30.3 Å². The number of amides is 1. The Kier molecular flexibility index (Phi) is 10.1. The lowest BCUT2D eigenvalue weighted by atomic mass is 10.1.